The van der Waals surface area contributed by atoms with Crippen molar-refractivity contribution in [3.05, 3.63) is 157 Å². The zero-order valence-corrected chi connectivity index (χ0v) is 30.3. The zero-order chi connectivity index (χ0) is 35.9. The van der Waals surface area contributed by atoms with Gasteiger partial charge in [0.15, 0.2) is 0 Å². The van der Waals surface area contributed by atoms with Crippen molar-refractivity contribution in [1.29, 1.82) is 0 Å². The van der Waals surface area contributed by atoms with Gasteiger partial charge in [0, 0.05) is 50.9 Å². The molecule has 5 nitrogen and oxygen atoms in total. The largest absolute Gasteiger partial charge is 0.495 e. The van der Waals surface area contributed by atoms with E-state index in [0.717, 1.165) is 59.4 Å². The molecule has 0 radical (unpaired) electrons. The number of benzene rings is 6. The molecule has 6 aromatic carbocycles. The Bertz CT molecular complexity index is 2680. The van der Waals surface area contributed by atoms with Crippen LogP contribution in [0.1, 0.15) is 27.7 Å². The first-order valence-electron chi connectivity index (χ1n) is 17.5. The molecular formula is C45H37BClN3O2. The number of rotatable bonds is 1. The molecule has 0 spiro atoms. The molecule has 4 heterocycles. The van der Waals surface area contributed by atoms with E-state index in [1.54, 1.807) is 6.20 Å². The van der Waals surface area contributed by atoms with Crippen LogP contribution in [0.2, 0.25) is 5.02 Å². The first-order valence-corrected chi connectivity index (χ1v) is 17.8. The van der Waals surface area contributed by atoms with E-state index >= 15 is 0 Å². The summed E-state index contributed by atoms with van der Waals surface area (Å²) in [5.41, 5.74) is 3.40. The average Bonchev–Trinajstić information content (AvgIpc) is 3.40. The Kier molecular flexibility index (Phi) is 8.84. The highest BCUT2D eigenvalue weighted by Gasteiger charge is 2.52. The van der Waals surface area contributed by atoms with Gasteiger partial charge in [0.2, 0.25) is 0 Å². The Morgan fingerprint density at radius 3 is 1.50 bits per heavy atom. The molecule has 1 aliphatic heterocycles. The van der Waals surface area contributed by atoms with Crippen LogP contribution >= 0.6 is 11.6 Å². The maximum absolute atomic E-state index is 6.26. The molecule has 0 N–H and O–H groups in total. The van der Waals surface area contributed by atoms with Crippen LogP contribution in [0.15, 0.2) is 152 Å². The van der Waals surface area contributed by atoms with Gasteiger partial charge in [-0.1, -0.05) is 115 Å². The average molecular weight is 698 g/mol. The molecule has 7 heteroatoms. The highest BCUT2D eigenvalue weighted by molar-refractivity contribution is 6.65. The number of nitrogens with zero attached hydrogens (tertiary/aromatic N) is 3. The summed E-state index contributed by atoms with van der Waals surface area (Å²) in [6.45, 7) is 8.31. The van der Waals surface area contributed by atoms with Gasteiger partial charge >= 0.3 is 7.12 Å². The van der Waals surface area contributed by atoms with Crippen molar-refractivity contribution in [2.24, 2.45) is 0 Å². The van der Waals surface area contributed by atoms with Crippen LogP contribution in [-0.2, 0) is 9.31 Å². The number of hydrogen-bond acceptors (Lipinski definition) is 5. The SMILES string of the molecule is CC1(C)OB(c2cc3ccccc3c3ncccc23)OC1(C)C.Clc1cc2ccccc2c2ncccc12.c1ccc2c(c1)ccc1cccnc12. The minimum atomic E-state index is -0.378. The topological polar surface area (TPSA) is 57.1 Å². The fourth-order valence-corrected chi connectivity index (χ4v) is 7.05. The van der Waals surface area contributed by atoms with E-state index in [9.17, 15) is 0 Å². The van der Waals surface area contributed by atoms with Crippen LogP contribution in [0.4, 0.5) is 0 Å². The molecule has 1 fully saturated rings. The van der Waals surface area contributed by atoms with Crippen molar-refractivity contribution in [3.63, 3.8) is 0 Å². The lowest BCUT2D eigenvalue weighted by atomic mass is 9.75. The van der Waals surface area contributed by atoms with E-state index in [4.69, 9.17) is 20.9 Å². The van der Waals surface area contributed by atoms with E-state index in [1.807, 2.05) is 67.0 Å². The van der Waals surface area contributed by atoms with Crippen molar-refractivity contribution in [2.45, 2.75) is 38.9 Å². The smallest absolute Gasteiger partial charge is 0.399 e. The van der Waals surface area contributed by atoms with Gasteiger partial charge in [0.25, 0.3) is 0 Å². The molecule has 0 bridgehead atoms. The van der Waals surface area contributed by atoms with Gasteiger partial charge in [0.05, 0.1) is 32.8 Å². The third-order valence-electron chi connectivity index (χ3n) is 10.2. The van der Waals surface area contributed by atoms with Gasteiger partial charge in [-0.2, -0.15) is 0 Å². The number of pyridine rings is 3. The zero-order valence-electron chi connectivity index (χ0n) is 29.5. The second kappa shape index (κ2) is 13.6. The summed E-state index contributed by atoms with van der Waals surface area (Å²) in [4.78, 5) is 13.4. The Labute approximate surface area is 308 Å². The quantitative estimate of drug-likeness (QED) is 0.126. The number of hydrogen-bond donors (Lipinski definition) is 0. The Morgan fingerprint density at radius 1 is 0.442 bits per heavy atom. The lowest BCUT2D eigenvalue weighted by Gasteiger charge is -2.32. The number of halogens is 1. The lowest BCUT2D eigenvalue weighted by Crippen LogP contribution is -2.41. The van der Waals surface area contributed by atoms with E-state index in [2.05, 4.69) is 122 Å². The maximum Gasteiger partial charge on any atom is 0.495 e. The van der Waals surface area contributed by atoms with Gasteiger partial charge in [-0.15, -0.1) is 0 Å². The molecule has 0 unspecified atom stereocenters. The lowest BCUT2D eigenvalue weighted by molar-refractivity contribution is 0.00578. The monoisotopic (exact) mass is 697 g/mol. The third-order valence-corrected chi connectivity index (χ3v) is 10.5. The van der Waals surface area contributed by atoms with Crippen molar-refractivity contribution in [1.82, 2.24) is 15.0 Å². The van der Waals surface area contributed by atoms with Gasteiger partial charge in [-0.25, -0.2) is 0 Å². The van der Waals surface area contributed by atoms with E-state index in [1.165, 1.54) is 16.2 Å². The summed E-state index contributed by atoms with van der Waals surface area (Å²) in [5.74, 6) is 0. The molecular weight excluding hydrogens is 661 g/mol. The molecule has 0 aliphatic carbocycles. The summed E-state index contributed by atoms with van der Waals surface area (Å²) < 4.78 is 12.5. The minimum Gasteiger partial charge on any atom is -0.399 e. The first kappa shape index (κ1) is 33.7. The first-order chi connectivity index (χ1) is 25.2. The third kappa shape index (κ3) is 6.24. The van der Waals surface area contributed by atoms with Gasteiger partial charge in [0.1, 0.15) is 0 Å². The highest BCUT2D eigenvalue weighted by Crippen LogP contribution is 2.37. The predicted molar refractivity (Wildman–Crippen MR) is 218 cm³/mol. The molecule has 9 aromatic rings. The molecule has 1 saturated heterocycles. The second-order valence-corrected chi connectivity index (χ2v) is 14.4. The molecule has 0 saturated carbocycles. The van der Waals surface area contributed by atoms with Gasteiger partial charge < -0.3 is 9.31 Å². The van der Waals surface area contributed by atoms with Crippen molar-refractivity contribution >= 4 is 89.2 Å². The fraction of sp³-hybridized carbons (Fsp3) is 0.133. The van der Waals surface area contributed by atoms with Gasteiger partial charge in [-0.3, -0.25) is 15.0 Å². The summed E-state index contributed by atoms with van der Waals surface area (Å²) in [6, 6.07) is 45.2. The molecule has 254 valence electrons. The van der Waals surface area contributed by atoms with Crippen molar-refractivity contribution in [3.8, 4) is 0 Å². The standard InChI is InChI=1S/C19H20BNO2.C13H8ClN.C13H9N/c1-18(2)19(3,4)23-20(22-18)16-12-13-8-5-6-9-14(13)17-15(16)10-7-11-21-17;14-12-8-9-4-1-2-5-10(9)13-11(12)6-3-7-15-13;1-2-6-12-10(4-1)7-8-11-5-3-9-14-13(11)12/h5-12H,1-4H3;1-8H;1-9H. The molecule has 52 heavy (non-hydrogen) atoms. The fourth-order valence-electron chi connectivity index (χ4n) is 6.78. The molecule has 10 rings (SSSR count). The molecule has 1 aliphatic rings. The maximum atomic E-state index is 6.26. The Morgan fingerprint density at radius 2 is 0.865 bits per heavy atom. The molecule has 3 aromatic heterocycles. The van der Waals surface area contributed by atoms with Crippen molar-refractivity contribution < 1.29 is 9.31 Å². The van der Waals surface area contributed by atoms with Crippen LogP contribution in [-0.4, -0.2) is 33.3 Å². The van der Waals surface area contributed by atoms with Gasteiger partial charge in [-0.05, 0) is 79.6 Å². The Balaban J connectivity index is 0.000000116. The molecule has 0 amide bonds. The van der Waals surface area contributed by atoms with Crippen LogP contribution in [0.3, 0.4) is 0 Å². The van der Waals surface area contributed by atoms with Crippen molar-refractivity contribution in [2.75, 3.05) is 0 Å². The Hall–Kier alpha value is -5.40. The van der Waals surface area contributed by atoms with Crippen LogP contribution in [0.5, 0.6) is 0 Å². The van der Waals surface area contributed by atoms with Crippen LogP contribution in [0.25, 0.3) is 65.0 Å². The van der Waals surface area contributed by atoms with E-state index < -0.39 is 0 Å². The predicted octanol–water partition coefficient (Wildman–Crippen LogP) is 11.1. The van der Waals surface area contributed by atoms with E-state index in [-0.39, 0.29) is 18.3 Å². The summed E-state index contributed by atoms with van der Waals surface area (Å²) >= 11 is 6.20. The van der Waals surface area contributed by atoms with Crippen LogP contribution < -0.4 is 5.46 Å². The highest BCUT2D eigenvalue weighted by atomic mass is 35.5. The summed E-state index contributed by atoms with van der Waals surface area (Å²) in [7, 11) is -0.378. The minimum absolute atomic E-state index is 0.349. The normalized spacial score (nSPS) is 14.8. The number of aromatic nitrogens is 3. The van der Waals surface area contributed by atoms with E-state index in [0.29, 0.717) is 0 Å². The van der Waals surface area contributed by atoms with Crippen LogP contribution in [0, 0.1) is 0 Å². The summed E-state index contributed by atoms with van der Waals surface area (Å²) in [5, 5.41) is 11.1. The second-order valence-electron chi connectivity index (χ2n) is 14.0. The molecule has 0 atom stereocenters. The summed E-state index contributed by atoms with van der Waals surface area (Å²) in [6.07, 6.45) is 5.47. The number of fused-ring (bicyclic) bond motifs is 9.